The van der Waals surface area contributed by atoms with Gasteiger partial charge in [0, 0.05) is 11.5 Å². The maximum absolute atomic E-state index is 14.1. The van der Waals surface area contributed by atoms with Gasteiger partial charge in [0.15, 0.2) is 11.4 Å². The molecule has 3 aliphatic carbocycles. The molecule has 5 saturated heterocycles. The normalized spacial score (nSPS) is 64.2. The van der Waals surface area contributed by atoms with Crippen molar-refractivity contribution in [1.29, 1.82) is 0 Å². The molecule has 176 valence electrons. The van der Waals surface area contributed by atoms with Gasteiger partial charge >= 0.3 is 11.9 Å². The van der Waals surface area contributed by atoms with Crippen LogP contribution in [-0.2, 0) is 33.3 Å². The number of hydrogen-bond acceptors (Lipinski definition) is 8. The Balaban J connectivity index is 1.58. The average Bonchev–Trinajstić information content (AvgIpc) is 3.38. The van der Waals surface area contributed by atoms with Gasteiger partial charge < -0.3 is 28.8 Å². The summed E-state index contributed by atoms with van der Waals surface area (Å²) in [7, 11) is 0. The second kappa shape index (κ2) is 4.34. The summed E-state index contributed by atoms with van der Waals surface area (Å²) in [4.78, 5) is 27.0. The first-order chi connectivity index (χ1) is 15.2. The molecular formula is C25H28O8. The fourth-order valence-corrected chi connectivity index (χ4v) is 10.6. The van der Waals surface area contributed by atoms with E-state index in [1.165, 1.54) is 0 Å². The zero-order chi connectivity index (χ0) is 23.5. The lowest BCUT2D eigenvalue weighted by atomic mass is 9.32. The molecule has 6 bridgehead atoms. The molecule has 6 heterocycles. The third kappa shape index (κ3) is 1.23. The first-order valence-corrected chi connectivity index (χ1v) is 11.8. The van der Waals surface area contributed by atoms with Gasteiger partial charge in [0.2, 0.25) is 5.79 Å². The lowest BCUT2D eigenvalue weighted by Crippen LogP contribution is -2.81. The minimum Gasteiger partial charge on any atom is -0.459 e. The molecule has 0 radical (unpaired) electrons. The van der Waals surface area contributed by atoms with Crippen molar-refractivity contribution in [2.24, 2.45) is 21.7 Å². The second-order valence-electron chi connectivity index (χ2n) is 12.5. The van der Waals surface area contributed by atoms with Gasteiger partial charge in [-0.3, -0.25) is 4.79 Å². The molecule has 9 atom stereocenters. The summed E-state index contributed by atoms with van der Waals surface area (Å²) >= 11 is 0. The Labute approximate surface area is 191 Å². The maximum Gasteiger partial charge on any atom is 0.331 e. The zero-order valence-electron chi connectivity index (χ0n) is 19.7. The van der Waals surface area contributed by atoms with E-state index in [2.05, 4.69) is 13.0 Å². The van der Waals surface area contributed by atoms with Gasteiger partial charge in [-0.05, 0) is 51.7 Å². The highest BCUT2D eigenvalue weighted by atomic mass is 16.8. The van der Waals surface area contributed by atoms with Crippen LogP contribution in [0.25, 0.3) is 0 Å². The molecule has 4 spiro atoms. The number of rotatable bonds is 0. The minimum atomic E-state index is -1.78. The molecular weight excluding hydrogens is 428 g/mol. The van der Waals surface area contributed by atoms with Gasteiger partial charge in [-0.1, -0.05) is 19.9 Å². The van der Waals surface area contributed by atoms with Crippen LogP contribution in [0.5, 0.6) is 0 Å². The first kappa shape index (κ1) is 19.6. The number of ether oxygens (including phenoxy) is 5. The highest BCUT2D eigenvalue weighted by molar-refractivity contribution is 5.92. The van der Waals surface area contributed by atoms with Crippen LogP contribution in [0.1, 0.15) is 54.4 Å². The van der Waals surface area contributed by atoms with Crippen molar-refractivity contribution in [2.75, 3.05) is 6.61 Å². The number of epoxide rings is 1. The molecule has 9 aliphatic rings. The van der Waals surface area contributed by atoms with Crippen molar-refractivity contribution < 1.29 is 38.4 Å². The molecule has 3 unspecified atom stereocenters. The average molecular weight is 456 g/mol. The molecule has 33 heavy (non-hydrogen) atoms. The Kier molecular flexibility index (Phi) is 2.57. The van der Waals surface area contributed by atoms with Gasteiger partial charge in [-0.2, -0.15) is 0 Å². The molecule has 2 saturated carbocycles. The molecule has 9 rings (SSSR count). The number of fused-ring (bicyclic) bond motifs is 1. The van der Waals surface area contributed by atoms with Crippen LogP contribution < -0.4 is 0 Å². The van der Waals surface area contributed by atoms with Crippen molar-refractivity contribution in [3.05, 3.63) is 23.3 Å². The molecule has 8 heteroatoms. The Morgan fingerprint density at radius 1 is 1.03 bits per heavy atom. The summed E-state index contributed by atoms with van der Waals surface area (Å²) < 4.78 is 31.5. The van der Waals surface area contributed by atoms with E-state index in [0.717, 1.165) is 11.1 Å². The summed E-state index contributed by atoms with van der Waals surface area (Å²) in [6.07, 6.45) is 3.90. The van der Waals surface area contributed by atoms with Crippen molar-refractivity contribution in [1.82, 2.24) is 0 Å². The standard InChI is InChI=1S/C25H28O8/c1-12-24-23(16(27)30-12)18(4)8-7-13-14(9-15(26)31-17(13,2)3)21(18)10-19(5,22(23)11-29-22)25(24,28)33-20(21,6)32-24/h7,9,12,28H,8,10-11H2,1-6H3/t12-,18-,19+,20-,21+,22?,23?,24?,25-/m0/s1. The van der Waals surface area contributed by atoms with Gasteiger partial charge in [0.05, 0.1) is 17.4 Å². The largest absolute Gasteiger partial charge is 0.459 e. The fourth-order valence-electron chi connectivity index (χ4n) is 10.6. The van der Waals surface area contributed by atoms with Crippen LogP contribution in [0.3, 0.4) is 0 Å². The number of carbonyl (C=O) groups is 2. The smallest absolute Gasteiger partial charge is 0.331 e. The molecule has 7 fully saturated rings. The maximum atomic E-state index is 14.1. The molecule has 1 N–H and O–H groups in total. The quantitative estimate of drug-likeness (QED) is 0.436. The van der Waals surface area contributed by atoms with Gasteiger partial charge in [-0.15, -0.1) is 0 Å². The number of esters is 2. The van der Waals surface area contributed by atoms with Crippen LogP contribution in [0, 0.1) is 21.7 Å². The van der Waals surface area contributed by atoms with E-state index in [4.69, 9.17) is 23.7 Å². The van der Waals surface area contributed by atoms with E-state index < -0.39 is 68.1 Å². The van der Waals surface area contributed by atoms with Crippen LogP contribution >= 0.6 is 0 Å². The van der Waals surface area contributed by atoms with Gasteiger partial charge in [0.1, 0.15) is 22.7 Å². The van der Waals surface area contributed by atoms with E-state index in [9.17, 15) is 14.7 Å². The fraction of sp³-hybridized carbons (Fsp3) is 0.760. The van der Waals surface area contributed by atoms with E-state index in [-0.39, 0.29) is 0 Å². The van der Waals surface area contributed by atoms with Crippen LogP contribution in [-0.4, -0.2) is 58.1 Å². The highest BCUT2D eigenvalue weighted by Gasteiger charge is 3.12. The summed E-state index contributed by atoms with van der Waals surface area (Å²) in [5, 5.41) is 12.5. The van der Waals surface area contributed by atoms with E-state index in [1.807, 2.05) is 27.7 Å². The Morgan fingerprint density at radius 3 is 2.39 bits per heavy atom. The Hall–Kier alpha value is -1.74. The van der Waals surface area contributed by atoms with Crippen LogP contribution in [0.4, 0.5) is 0 Å². The molecule has 8 nitrogen and oxygen atoms in total. The topological polar surface area (TPSA) is 104 Å². The highest BCUT2D eigenvalue weighted by Crippen LogP contribution is 2.97. The predicted octanol–water partition coefficient (Wildman–Crippen LogP) is 1.90. The summed E-state index contributed by atoms with van der Waals surface area (Å²) in [5.74, 6) is -3.89. The Bertz CT molecular complexity index is 1210. The lowest BCUT2D eigenvalue weighted by molar-refractivity contribution is -0.410. The van der Waals surface area contributed by atoms with E-state index in [1.54, 1.807) is 13.0 Å². The second-order valence-corrected chi connectivity index (χ2v) is 12.5. The van der Waals surface area contributed by atoms with Gasteiger partial charge in [0.25, 0.3) is 0 Å². The Morgan fingerprint density at radius 2 is 1.73 bits per heavy atom. The predicted molar refractivity (Wildman–Crippen MR) is 109 cm³/mol. The van der Waals surface area contributed by atoms with Crippen molar-refractivity contribution in [3.63, 3.8) is 0 Å². The molecule has 6 aliphatic heterocycles. The molecule has 0 amide bonds. The lowest BCUT2D eigenvalue weighted by Gasteiger charge is -2.73. The van der Waals surface area contributed by atoms with Crippen molar-refractivity contribution in [2.45, 2.75) is 88.9 Å². The van der Waals surface area contributed by atoms with E-state index in [0.29, 0.717) is 19.4 Å². The summed E-state index contributed by atoms with van der Waals surface area (Å²) in [5.41, 5.74) is -5.47. The third-order valence-electron chi connectivity index (χ3n) is 11.5. The molecule has 0 aromatic carbocycles. The van der Waals surface area contributed by atoms with E-state index >= 15 is 0 Å². The summed E-state index contributed by atoms with van der Waals surface area (Å²) in [6, 6.07) is 0. The van der Waals surface area contributed by atoms with Gasteiger partial charge in [-0.25, -0.2) is 4.79 Å². The number of hydrogen-bond donors (Lipinski definition) is 1. The summed E-state index contributed by atoms with van der Waals surface area (Å²) in [6.45, 7) is 11.8. The van der Waals surface area contributed by atoms with Crippen LogP contribution in [0.2, 0.25) is 0 Å². The molecule has 0 aromatic heterocycles. The number of cyclic esters (lactones) is 2. The number of aliphatic hydroxyl groups is 1. The van der Waals surface area contributed by atoms with Crippen molar-refractivity contribution in [3.8, 4) is 0 Å². The minimum absolute atomic E-state index is 0.327. The zero-order valence-corrected chi connectivity index (χ0v) is 19.7. The van der Waals surface area contributed by atoms with Crippen molar-refractivity contribution >= 4 is 11.9 Å². The first-order valence-electron chi connectivity index (χ1n) is 11.8. The van der Waals surface area contributed by atoms with Crippen LogP contribution in [0.15, 0.2) is 23.3 Å². The number of allylic oxidation sites excluding steroid dienone is 1. The SMILES string of the molecule is C[C@@H]1OC(=O)C23C4(CO4)[C@@]4(C)C[C@]5(C6=CC(=O)OC(C)(C)C6=CC[C@]25C)[C@@]2(C)OC13[C@@]4(O)O2. The third-order valence-corrected chi connectivity index (χ3v) is 11.5. The number of carbonyl (C=O) groups excluding carboxylic acids is 2. The monoisotopic (exact) mass is 456 g/mol. The molecule has 0 aromatic rings.